The summed E-state index contributed by atoms with van der Waals surface area (Å²) in [5.41, 5.74) is 5.07. The third kappa shape index (κ3) is 16.9. The number of anilines is 1. The topological polar surface area (TPSA) is 153 Å². The third-order valence-corrected chi connectivity index (χ3v) is 16.5. The van der Waals surface area contributed by atoms with Crippen molar-refractivity contribution in [3.63, 3.8) is 0 Å². The molecular weight excluding hydrogens is 872 g/mol. The summed E-state index contributed by atoms with van der Waals surface area (Å²) >= 11 is 5.65. The number of carbonyl (C=O) groups excluding carboxylic acids is 1. The molecule has 0 radical (unpaired) electrons. The van der Waals surface area contributed by atoms with Gasteiger partial charge in [0, 0.05) is 81.7 Å². The van der Waals surface area contributed by atoms with Crippen molar-refractivity contribution in [1.29, 1.82) is 0 Å². The summed E-state index contributed by atoms with van der Waals surface area (Å²) in [6, 6.07) is 22.6. The first-order valence-electron chi connectivity index (χ1n) is 21.4. The number of hydrogen-bond donors (Lipinski definition) is 3. The van der Waals surface area contributed by atoms with E-state index in [1.165, 1.54) is 52.9 Å². The van der Waals surface area contributed by atoms with Crippen molar-refractivity contribution in [2.45, 2.75) is 89.3 Å². The number of hydrogen-bond acceptors (Lipinski definition) is 13. The Morgan fingerprint density at radius 1 is 0.839 bits per heavy atom. The fourth-order valence-electron chi connectivity index (χ4n) is 8.46. The molecule has 0 saturated carbocycles. The van der Waals surface area contributed by atoms with Crippen LogP contribution in [0.1, 0.15) is 70.4 Å². The normalized spacial score (nSPS) is 18.2. The molecule has 2 aliphatic carbocycles. The van der Waals surface area contributed by atoms with Crippen LogP contribution in [-0.2, 0) is 39.8 Å². The standard InChI is InChI=1S/C21H30N2OSi.C15H25N5.C8H9ClN2.CH2O3.2K.H/c1-21(2,3)25(19-10-6-4-7-11-19,20-12-8-5-9-13-20)24-17-18-16-22-14-15-23-18;1-19(2)10-13-11-20(8-7-16-13)15-17-9-12-5-3-4-6-14(12)18-15;9-8-10-5-6-3-1-2-4-7(6)11-8;2-1-4-3;;;/h4-13,18,22-23H,14-17H2,1-3H3;9,13,16H,3-8,10-11H2,1-2H3;5H,1-4H2;1,3H;;;/q;;;;2*+1;-1/p-1/t18-;13-;;;;;/m10...../s1. The summed E-state index contributed by atoms with van der Waals surface area (Å²) < 4.78 is 6.94. The van der Waals surface area contributed by atoms with Gasteiger partial charge in [-0.2, -0.15) is 0 Å². The summed E-state index contributed by atoms with van der Waals surface area (Å²) in [6.07, 6.45) is 13.4. The summed E-state index contributed by atoms with van der Waals surface area (Å²) in [5, 5.41) is 22.2. The van der Waals surface area contributed by atoms with E-state index in [2.05, 4.69) is 147 Å². The van der Waals surface area contributed by atoms with Crippen LogP contribution in [-0.4, -0.2) is 118 Å². The molecule has 2 saturated heterocycles. The number of likely N-dealkylation sites (N-methyl/N-ethyl adjacent to an activating group) is 1. The maximum atomic E-state index is 8.64. The van der Waals surface area contributed by atoms with E-state index >= 15 is 0 Å². The van der Waals surface area contributed by atoms with Crippen LogP contribution in [0.3, 0.4) is 0 Å². The Kier molecular flexibility index (Phi) is 26.3. The fourth-order valence-corrected chi connectivity index (χ4v) is 13.2. The van der Waals surface area contributed by atoms with Crippen molar-refractivity contribution in [2.24, 2.45) is 0 Å². The molecule has 2 aliphatic heterocycles. The molecule has 4 heterocycles. The Balaban J connectivity index is 0.000000321. The second-order valence-electron chi connectivity index (χ2n) is 17.0. The molecule has 328 valence electrons. The number of nitrogens with one attached hydrogen (secondary N) is 3. The van der Waals surface area contributed by atoms with Crippen LogP contribution in [0.2, 0.25) is 10.3 Å². The Morgan fingerprint density at radius 2 is 1.39 bits per heavy atom. The number of nitrogens with zero attached hydrogens (tertiary/aromatic N) is 6. The SMILES string of the molecule is CC(C)(C)[Si](OC[C@H]1CNCCN1)(c1ccccc1)c1ccccc1.CN(C)C[C@H]1CN(c2ncc3c(n2)CCCC3)CCN1.Clc1ncc2c(n1)CCCC2.O=CO[O-].[H-].[K+].[K+]. The van der Waals surface area contributed by atoms with Gasteiger partial charge in [-0.25, -0.2) is 19.9 Å². The Bertz CT molecular complexity index is 1850. The minimum atomic E-state index is -2.40. The number of aromatic nitrogens is 4. The molecule has 0 amide bonds. The van der Waals surface area contributed by atoms with Gasteiger partial charge in [0.1, 0.15) is 0 Å². The molecule has 2 aromatic carbocycles. The van der Waals surface area contributed by atoms with Gasteiger partial charge in [-0.05, 0) is 104 Å². The summed E-state index contributed by atoms with van der Waals surface area (Å²) in [5.74, 6) is 0.927. The molecular formula is C45H66ClK2N9O4Si. The summed E-state index contributed by atoms with van der Waals surface area (Å²) in [4.78, 5) is 33.4. The molecule has 2 fully saturated rings. The predicted molar refractivity (Wildman–Crippen MR) is 241 cm³/mol. The van der Waals surface area contributed by atoms with Crippen molar-refractivity contribution >= 4 is 42.7 Å². The van der Waals surface area contributed by atoms with Gasteiger partial charge in [0.2, 0.25) is 11.2 Å². The molecule has 2 aromatic heterocycles. The molecule has 0 spiro atoms. The van der Waals surface area contributed by atoms with Crippen LogP contribution in [0.5, 0.6) is 0 Å². The molecule has 4 aromatic rings. The zero-order valence-corrected chi connectivity index (χ0v) is 46.2. The molecule has 4 aliphatic rings. The quantitative estimate of drug-likeness (QED) is 0.0529. The average molecular weight is 939 g/mol. The minimum absolute atomic E-state index is 0. The molecule has 13 nitrogen and oxygen atoms in total. The van der Waals surface area contributed by atoms with Gasteiger partial charge in [-0.1, -0.05) is 81.4 Å². The van der Waals surface area contributed by atoms with E-state index in [1.54, 1.807) is 0 Å². The zero-order valence-electron chi connectivity index (χ0n) is 39.2. The molecule has 2 atom stereocenters. The Hall–Kier alpha value is -0.590. The van der Waals surface area contributed by atoms with Gasteiger partial charge in [0.05, 0.1) is 6.61 Å². The zero-order chi connectivity index (χ0) is 42.8. The van der Waals surface area contributed by atoms with Crippen LogP contribution in [0.4, 0.5) is 5.95 Å². The first kappa shape index (κ1) is 55.7. The van der Waals surface area contributed by atoms with Crippen LogP contribution in [0.25, 0.3) is 0 Å². The van der Waals surface area contributed by atoms with Crippen LogP contribution in [0.15, 0.2) is 73.1 Å². The second kappa shape index (κ2) is 29.2. The van der Waals surface area contributed by atoms with Gasteiger partial charge in [-0.15, -0.1) is 0 Å². The molecule has 17 heteroatoms. The van der Waals surface area contributed by atoms with E-state index < -0.39 is 8.32 Å². The minimum Gasteiger partial charge on any atom is -1.00 e. The number of piperazine rings is 2. The third-order valence-electron chi connectivity index (χ3n) is 11.3. The number of fused-ring (bicyclic) bond motifs is 2. The predicted octanol–water partition coefficient (Wildman–Crippen LogP) is -2.62. The molecule has 8 rings (SSSR count). The van der Waals surface area contributed by atoms with Crippen molar-refractivity contribution in [2.75, 3.05) is 71.4 Å². The number of rotatable bonds is 9. The maximum absolute atomic E-state index is 8.64. The van der Waals surface area contributed by atoms with Crippen molar-refractivity contribution in [3.8, 4) is 0 Å². The van der Waals surface area contributed by atoms with E-state index in [0.717, 1.165) is 89.7 Å². The van der Waals surface area contributed by atoms with Crippen molar-refractivity contribution in [1.82, 2.24) is 40.8 Å². The molecule has 62 heavy (non-hydrogen) atoms. The van der Waals surface area contributed by atoms with Gasteiger partial charge in [-0.3, -0.25) is 4.79 Å². The number of halogens is 1. The molecule has 3 N–H and O–H groups in total. The summed E-state index contributed by atoms with van der Waals surface area (Å²) in [6.45, 7) is 14.6. The van der Waals surface area contributed by atoms with E-state index in [-0.39, 0.29) is 116 Å². The first-order valence-corrected chi connectivity index (χ1v) is 23.7. The van der Waals surface area contributed by atoms with E-state index in [1.807, 2.05) is 6.20 Å². The number of benzene rings is 2. The van der Waals surface area contributed by atoms with Gasteiger partial charge in [0.15, 0.2) is 0 Å². The van der Waals surface area contributed by atoms with E-state index in [0.29, 0.717) is 17.4 Å². The number of carbonyl (C=O) groups is 1. The molecule has 0 unspecified atom stereocenters. The smallest absolute Gasteiger partial charge is 1.00 e. The maximum Gasteiger partial charge on any atom is 1.00 e. The monoisotopic (exact) mass is 937 g/mol. The second-order valence-corrected chi connectivity index (χ2v) is 21.7. The number of aryl methyl sites for hydroxylation is 4. The van der Waals surface area contributed by atoms with E-state index in [4.69, 9.17) is 31.1 Å². The van der Waals surface area contributed by atoms with Crippen LogP contribution in [0, 0.1) is 0 Å². The van der Waals surface area contributed by atoms with Crippen molar-refractivity contribution < 1.29 is 124 Å². The van der Waals surface area contributed by atoms with Crippen molar-refractivity contribution in [3.05, 3.63) is 101 Å². The Labute approximate surface area is 462 Å². The van der Waals surface area contributed by atoms with E-state index in [9.17, 15) is 0 Å². The van der Waals surface area contributed by atoms with Gasteiger partial charge in [0.25, 0.3) is 14.8 Å². The first-order chi connectivity index (χ1) is 29.0. The largest absolute Gasteiger partial charge is 1.00 e. The van der Waals surface area contributed by atoms with Crippen LogP contribution >= 0.6 is 11.6 Å². The summed E-state index contributed by atoms with van der Waals surface area (Å²) in [7, 11) is 1.84. The fraction of sp³-hybridized carbons (Fsp3) is 0.533. The van der Waals surface area contributed by atoms with Gasteiger partial charge < -0.3 is 41.7 Å². The van der Waals surface area contributed by atoms with Gasteiger partial charge >= 0.3 is 103 Å². The Morgan fingerprint density at radius 3 is 1.92 bits per heavy atom. The van der Waals surface area contributed by atoms with Crippen LogP contribution < -0.4 is 139 Å². The average Bonchev–Trinajstić information content (AvgIpc) is 3.27. The molecule has 0 bridgehead atoms.